The van der Waals surface area contributed by atoms with E-state index in [1.807, 2.05) is 6.92 Å². The van der Waals surface area contributed by atoms with Crippen LogP contribution >= 0.6 is 70.0 Å². The quantitative estimate of drug-likeness (QED) is 0.532. The van der Waals surface area contributed by atoms with E-state index in [4.69, 9.17) is 58.0 Å². The van der Waals surface area contributed by atoms with Crippen molar-refractivity contribution >= 4 is 81.7 Å². The molecule has 0 saturated carbocycles. The van der Waals surface area contributed by atoms with Crippen LogP contribution in [0.1, 0.15) is 13.3 Å². The van der Waals surface area contributed by atoms with Gasteiger partial charge in [0.25, 0.3) is 3.12 Å². The Morgan fingerprint density at radius 1 is 1.24 bits per heavy atom. The van der Waals surface area contributed by atoms with Crippen molar-refractivity contribution < 1.29 is 4.79 Å². The largest absolute Gasteiger partial charge is 0.350 e. The second kappa shape index (κ2) is 6.79. The van der Waals surface area contributed by atoms with Crippen LogP contribution in [-0.4, -0.2) is 19.7 Å². The number of carbonyl (C=O) groups excluding carboxylic acids is 1. The Balaban J connectivity index is 2.31. The van der Waals surface area contributed by atoms with Crippen LogP contribution in [0.4, 0.5) is 10.5 Å². The molecule has 0 spiro atoms. The summed E-state index contributed by atoms with van der Waals surface area (Å²) < 4.78 is -0.459. The van der Waals surface area contributed by atoms with Crippen molar-refractivity contribution in [1.29, 1.82) is 0 Å². The Kier molecular flexibility index (Phi) is 5.69. The first-order chi connectivity index (χ1) is 9.71. The van der Waals surface area contributed by atoms with E-state index in [-0.39, 0.29) is 12.2 Å². The molecule has 10 heteroatoms. The zero-order valence-corrected chi connectivity index (χ0v) is 15.2. The normalized spacial score (nSPS) is 19.5. The van der Waals surface area contributed by atoms with Gasteiger partial charge in [-0.05, 0) is 24.6 Å². The molecule has 0 aromatic heterocycles. The van der Waals surface area contributed by atoms with E-state index in [1.165, 1.54) is 9.31 Å². The molecule has 1 aromatic carbocycles. The highest BCUT2D eigenvalue weighted by Gasteiger charge is 2.41. The minimum Gasteiger partial charge on any atom is -0.275 e. The van der Waals surface area contributed by atoms with Gasteiger partial charge in [0, 0.05) is 22.0 Å². The molecule has 0 radical (unpaired) electrons. The number of hydrazine groups is 1. The highest BCUT2D eigenvalue weighted by atomic mass is 35.6. The van der Waals surface area contributed by atoms with Crippen LogP contribution in [0.15, 0.2) is 18.2 Å². The molecule has 0 aliphatic carbocycles. The monoisotopic (exact) mass is 407 g/mol. The third kappa shape index (κ3) is 4.38. The lowest BCUT2D eigenvalue weighted by atomic mass is 10.2. The van der Waals surface area contributed by atoms with Gasteiger partial charge in [-0.2, -0.15) is 9.84 Å². The van der Waals surface area contributed by atoms with E-state index in [0.29, 0.717) is 22.2 Å². The summed E-state index contributed by atoms with van der Waals surface area (Å²) in [5.74, 6) is 0. The van der Waals surface area contributed by atoms with Crippen LogP contribution in [0, 0.1) is 0 Å². The zero-order valence-electron chi connectivity index (χ0n) is 10.6. The zero-order chi connectivity index (χ0) is 15.8. The van der Waals surface area contributed by atoms with E-state index in [1.54, 1.807) is 18.2 Å². The summed E-state index contributed by atoms with van der Waals surface area (Å²) >= 11 is 29.9. The van der Waals surface area contributed by atoms with Crippen molar-refractivity contribution in [3.63, 3.8) is 0 Å². The highest BCUT2D eigenvalue weighted by Crippen LogP contribution is 2.42. The van der Waals surface area contributed by atoms with Gasteiger partial charge in [0.15, 0.2) is 0 Å². The number of nitrogens with one attached hydrogen (secondary N) is 1. The summed E-state index contributed by atoms with van der Waals surface area (Å²) in [5, 5.41) is 0.875. The Morgan fingerprint density at radius 2 is 1.81 bits per heavy atom. The van der Waals surface area contributed by atoms with Gasteiger partial charge in [0.05, 0.1) is 5.69 Å². The average molecular weight is 410 g/mol. The number of rotatable bonds is 3. The summed E-state index contributed by atoms with van der Waals surface area (Å²) in [5.41, 5.74) is 3.54. The first-order valence-electron chi connectivity index (χ1n) is 5.82. The maximum Gasteiger partial charge on any atom is 0.350 e. The molecule has 1 unspecified atom stereocenters. The van der Waals surface area contributed by atoms with Gasteiger partial charge < -0.3 is 0 Å². The van der Waals surface area contributed by atoms with Gasteiger partial charge in [-0.15, -0.1) is 0 Å². The van der Waals surface area contributed by atoms with Gasteiger partial charge in [0.1, 0.15) is 6.17 Å². The number of benzene rings is 1. The summed E-state index contributed by atoms with van der Waals surface area (Å²) in [6.07, 6.45) is 0.360. The number of nitrogens with zero attached hydrogens (tertiary/aromatic N) is 2. The van der Waals surface area contributed by atoms with Gasteiger partial charge in [-0.1, -0.05) is 64.9 Å². The fraction of sp³-hybridized carbons (Fsp3) is 0.364. The SMILES string of the molecule is CCC1NN(SC(Cl)(Cl)Cl)C(=O)N1c1cc(Cl)cc(Cl)c1. The number of alkyl halides is 3. The van der Waals surface area contributed by atoms with Gasteiger partial charge in [0.2, 0.25) is 0 Å². The van der Waals surface area contributed by atoms with Crippen molar-refractivity contribution in [2.75, 3.05) is 4.90 Å². The predicted molar refractivity (Wildman–Crippen MR) is 91.3 cm³/mol. The van der Waals surface area contributed by atoms with Crippen LogP contribution in [-0.2, 0) is 0 Å². The predicted octanol–water partition coefficient (Wildman–Crippen LogP) is 5.45. The number of hydrogen-bond acceptors (Lipinski definition) is 3. The van der Waals surface area contributed by atoms with E-state index in [0.717, 1.165) is 11.9 Å². The van der Waals surface area contributed by atoms with Gasteiger partial charge in [-0.3, -0.25) is 4.90 Å². The van der Waals surface area contributed by atoms with Crippen molar-refractivity contribution in [3.8, 4) is 0 Å². The molecule has 1 heterocycles. The fourth-order valence-corrected chi connectivity index (χ4v) is 3.57. The third-order valence-electron chi connectivity index (χ3n) is 2.66. The Bertz CT molecular complexity index is 533. The molecule has 0 bridgehead atoms. The van der Waals surface area contributed by atoms with Crippen LogP contribution in [0.25, 0.3) is 0 Å². The van der Waals surface area contributed by atoms with Crippen LogP contribution in [0.5, 0.6) is 0 Å². The molecule has 1 atom stereocenters. The lowest BCUT2D eigenvalue weighted by Gasteiger charge is -2.21. The lowest BCUT2D eigenvalue weighted by Crippen LogP contribution is -2.36. The van der Waals surface area contributed by atoms with Gasteiger partial charge >= 0.3 is 6.03 Å². The lowest BCUT2D eigenvalue weighted by molar-refractivity contribution is 0.236. The third-order valence-corrected chi connectivity index (χ3v) is 4.37. The van der Waals surface area contributed by atoms with Crippen LogP contribution in [0.3, 0.4) is 0 Å². The molecule has 21 heavy (non-hydrogen) atoms. The van der Waals surface area contributed by atoms with E-state index in [2.05, 4.69) is 5.43 Å². The topological polar surface area (TPSA) is 35.6 Å². The summed E-state index contributed by atoms with van der Waals surface area (Å²) in [6, 6.07) is 4.53. The van der Waals surface area contributed by atoms with Gasteiger partial charge in [-0.25, -0.2) is 4.79 Å². The Hall–Kier alpha value is 0.250. The van der Waals surface area contributed by atoms with E-state index < -0.39 is 3.12 Å². The van der Waals surface area contributed by atoms with Crippen molar-refractivity contribution in [1.82, 2.24) is 9.84 Å². The molecular weight excluding hydrogens is 399 g/mol. The second-order valence-corrected chi connectivity index (χ2v) is 9.15. The smallest absolute Gasteiger partial charge is 0.275 e. The Morgan fingerprint density at radius 3 is 2.29 bits per heavy atom. The fourth-order valence-electron chi connectivity index (χ4n) is 1.89. The standard InChI is InChI=1S/C11H10Cl5N3OS/c1-2-9-17-19(21-11(14,15)16)10(20)18(9)8-4-6(12)3-7(13)5-8/h3-5,9,17H,2H2,1H3. The maximum absolute atomic E-state index is 12.5. The molecular formula is C11H10Cl5N3OS. The van der Waals surface area contributed by atoms with Crippen molar-refractivity contribution in [2.45, 2.75) is 22.6 Å². The van der Waals surface area contributed by atoms with E-state index in [9.17, 15) is 4.79 Å². The molecule has 4 nitrogen and oxygen atoms in total. The molecule has 1 fully saturated rings. The number of halogens is 5. The summed E-state index contributed by atoms with van der Waals surface area (Å²) in [4.78, 5) is 14.0. The minimum atomic E-state index is -1.65. The Labute approximate surface area is 151 Å². The molecule has 1 aliphatic rings. The second-order valence-electron chi connectivity index (χ2n) is 4.16. The van der Waals surface area contributed by atoms with E-state index >= 15 is 0 Å². The molecule has 2 rings (SSSR count). The maximum atomic E-state index is 12.5. The van der Waals surface area contributed by atoms with Crippen LogP contribution in [0.2, 0.25) is 10.0 Å². The summed E-state index contributed by atoms with van der Waals surface area (Å²) in [6.45, 7) is 1.92. The minimum absolute atomic E-state index is 0.285. The number of urea groups is 1. The average Bonchev–Trinajstić information content (AvgIpc) is 2.62. The number of amides is 2. The summed E-state index contributed by atoms with van der Waals surface area (Å²) in [7, 11) is 0. The first-order valence-corrected chi connectivity index (χ1v) is 8.49. The van der Waals surface area contributed by atoms with Crippen molar-refractivity contribution in [3.05, 3.63) is 28.2 Å². The number of hydrogen-bond donors (Lipinski definition) is 1. The molecule has 1 N–H and O–H groups in total. The number of carbonyl (C=O) groups is 1. The number of anilines is 1. The van der Waals surface area contributed by atoms with Crippen molar-refractivity contribution in [2.24, 2.45) is 0 Å². The highest BCUT2D eigenvalue weighted by molar-refractivity contribution is 8.03. The molecule has 2 amide bonds. The molecule has 1 saturated heterocycles. The molecule has 116 valence electrons. The van der Waals surface area contributed by atoms with Crippen LogP contribution < -0.4 is 10.3 Å². The molecule has 1 aromatic rings. The molecule has 1 aliphatic heterocycles. The first kappa shape index (κ1) is 17.6.